The molecule has 0 spiro atoms. The zero-order valence-electron chi connectivity index (χ0n) is 16.1. The number of carbonyl (C=O) groups excluding carboxylic acids is 1. The van der Waals surface area contributed by atoms with Crippen LogP contribution in [0, 0.1) is 11.8 Å². The van der Waals surface area contributed by atoms with E-state index < -0.39 is 10.0 Å². The van der Waals surface area contributed by atoms with E-state index in [-0.39, 0.29) is 10.8 Å². The maximum Gasteiger partial charge on any atom is 0.257 e. The second-order valence-corrected chi connectivity index (χ2v) is 11.0. The molecule has 0 radical (unpaired) electrons. The van der Waals surface area contributed by atoms with Crippen LogP contribution in [-0.4, -0.2) is 36.7 Å². The fourth-order valence-corrected chi connectivity index (χ4v) is 6.93. The average Bonchev–Trinajstić information content (AvgIpc) is 3.22. The highest BCUT2D eigenvalue weighted by Crippen LogP contribution is 2.31. The molecule has 150 valence electrons. The number of anilines is 1. The highest BCUT2D eigenvalue weighted by Gasteiger charge is 2.32. The first-order valence-electron chi connectivity index (χ1n) is 9.73. The molecule has 1 aromatic carbocycles. The van der Waals surface area contributed by atoms with Gasteiger partial charge >= 0.3 is 0 Å². The number of nitrogens with one attached hydrogen (secondary N) is 1. The first-order valence-corrected chi connectivity index (χ1v) is 12.0. The quantitative estimate of drug-likeness (QED) is 0.822. The van der Waals surface area contributed by atoms with Crippen LogP contribution in [0.1, 0.15) is 47.6 Å². The summed E-state index contributed by atoms with van der Waals surface area (Å²) < 4.78 is 27.7. The van der Waals surface area contributed by atoms with E-state index >= 15 is 0 Å². The van der Waals surface area contributed by atoms with Gasteiger partial charge in [-0.2, -0.15) is 4.31 Å². The van der Waals surface area contributed by atoms with Gasteiger partial charge in [0.05, 0.1) is 10.6 Å². The number of amides is 1. The predicted molar refractivity (Wildman–Crippen MR) is 110 cm³/mol. The first kappa shape index (κ1) is 19.5. The molecule has 0 saturated carbocycles. The van der Waals surface area contributed by atoms with E-state index in [0.717, 1.165) is 31.4 Å². The van der Waals surface area contributed by atoms with Gasteiger partial charge in [0, 0.05) is 23.5 Å². The lowest BCUT2D eigenvalue weighted by atomic mass is 9.94. The molecular weight excluding hydrogens is 394 g/mol. The molecule has 1 N–H and O–H groups in total. The summed E-state index contributed by atoms with van der Waals surface area (Å²) in [4.78, 5) is 18.5. The second-order valence-electron chi connectivity index (χ2n) is 7.99. The summed E-state index contributed by atoms with van der Waals surface area (Å²) in [5.74, 6) is 0.332. The van der Waals surface area contributed by atoms with Crippen LogP contribution < -0.4 is 5.32 Å². The van der Waals surface area contributed by atoms with E-state index in [9.17, 15) is 13.2 Å². The van der Waals surface area contributed by atoms with Gasteiger partial charge in [-0.1, -0.05) is 19.9 Å². The van der Waals surface area contributed by atoms with Crippen molar-refractivity contribution in [3.8, 4) is 0 Å². The van der Waals surface area contributed by atoms with Crippen LogP contribution in [0.5, 0.6) is 0 Å². The molecule has 4 rings (SSSR count). The zero-order chi connectivity index (χ0) is 19.9. The number of nitrogens with zero attached hydrogens (tertiary/aromatic N) is 2. The normalized spacial score (nSPS) is 22.8. The van der Waals surface area contributed by atoms with Crippen molar-refractivity contribution in [1.29, 1.82) is 0 Å². The molecule has 28 heavy (non-hydrogen) atoms. The number of aryl methyl sites for hydroxylation is 2. The van der Waals surface area contributed by atoms with Crippen LogP contribution in [-0.2, 0) is 22.9 Å². The third-order valence-corrected chi connectivity index (χ3v) is 8.29. The number of hydrogen-bond acceptors (Lipinski definition) is 5. The van der Waals surface area contributed by atoms with Crippen LogP contribution in [0.3, 0.4) is 0 Å². The number of aromatic nitrogens is 1. The Morgan fingerprint density at radius 1 is 1.21 bits per heavy atom. The smallest absolute Gasteiger partial charge is 0.257 e. The van der Waals surface area contributed by atoms with Crippen molar-refractivity contribution in [2.45, 2.75) is 44.4 Å². The van der Waals surface area contributed by atoms with Crippen molar-refractivity contribution in [3.63, 3.8) is 0 Å². The Morgan fingerprint density at radius 3 is 2.68 bits per heavy atom. The lowest BCUT2D eigenvalue weighted by molar-refractivity contribution is 0.102. The first-order chi connectivity index (χ1) is 13.3. The van der Waals surface area contributed by atoms with Crippen molar-refractivity contribution in [1.82, 2.24) is 9.29 Å². The Labute approximate surface area is 170 Å². The maximum absolute atomic E-state index is 13.1. The van der Waals surface area contributed by atoms with Crippen LogP contribution in [0.4, 0.5) is 5.13 Å². The van der Waals surface area contributed by atoms with E-state index in [0.29, 0.717) is 35.6 Å². The Kier molecular flexibility index (Phi) is 5.28. The molecule has 1 aliphatic carbocycles. The molecule has 1 saturated heterocycles. The van der Waals surface area contributed by atoms with E-state index in [1.807, 2.05) is 0 Å². The van der Waals surface area contributed by atoms with Gasteiger partial charge in [-0.25, -0.2) is 13.4 Å². The maximum atomic E-state index is 13.1. The SMILES string of the molecule is CC1CC(C)CN(S(=O)(=O)c2cccc(C(=O)Nc3nc4c(s3)CCC4)c2)C1. The summed E-state index contributed by atoms with van der Waals surface area (Å²) in [6, 6.07) is 6.29. The lowest BCUT2D eigenvalue weighted by Crippen LogP contribution is -2.42. The molecule has 2 atom stereocenters. The third-order valence-electron chi connectivity index (χ3n) is 5.39. The number of carbonyl (C=O) groups is 1. The number of sulfonamides is 1. The fraction of sp³-hybridized carbons (Fsp3) is 0.500. The molecule has 1 fully saturated rings. The number of thiazole rings is 1. The molecule has 2 aromatic rings. The zero-order valence-corrected chi connectivity index (χ0v) is 17.8. The molecule has 1 aromatic heterocycles. The molecule has 1 amide bonds. The van der Waals surface area contributed by atoms with E-state index in [4.69, 9.17) is 0 Å². The number of benzene rings is 1. The summed E-state index contributed by atoms with van der Waals surface area (Å²) in [7, 11) is -3.61. The summed E-state index contributed by atoms with van der Waals surface area (Å²) in [6.07, 6.45) is 4.13. The number of fused-ring (bicyclic) bond motifs is 1. The minimum atomic E-state index is -3.61. The van der Waals surface area contributed by atoms with E-state index in [1.54, 1.807) is 22.5 Å². The van der Waals surface area contributed by atoms with Crippen LogP contribution >= 0.6 is 11.3 Å². The van der Waals surface area contributed by atoms with Crippen molar-refractivity contribution in [3.05, 3.63) is 40.4 Å². The van der Waals surface area contributed by atoms with Gasteiger partial charge in [0.25, 0.3) is 5.91 Å². The number of rotatable bonds is 4. The second kappa shape index (κ2) is 7.57. The molecule has 2 heterocycles. The van der Waals surface area contributed by atoms with Gasteiger partial charge in [0.2, 0.25) is 10.0 Å². The van der Waals surface area contributed by atoms with Crippen molar-refractivity contribution in [2.24, 2.45) is 11.8 Å². The highest BCUT2D eigenvalue weighted by molar-refractivity contribution is 7.89. The standard InChI is InChI=1S/C20H25N3O3S2/c1-13-9-14(2)12-23(11-13)28(25,26)16-6-3-5-15(10-16)19(24)22-20-21-17-7-4-8-18(17)27-20/h3,5-6,10,13-14H,4,7-9,11-12H2,1-2H3,(H,21,22,24). The van der Waals surface area contributed by atoms with Crippen molar-refractivity contribution >= 4 is 32.4 Å². The topological polar surface area (TPSA) is 79.4 Å². The Hall–Kier alpha value is -1.77. The summed E-state index contributed by atoms with van der Waals surface area (Å²) in [5, 5.41) is 3.40. The van der Waals surface area contributed by atoms with Gasteiger partial charge in [-0.05, 0) is 55.7 Å². The predicted octanol–water partition coefficient (Wildman–Crippen LogP) is 3.55. The minimum absolute atomic E-state index is 0.170. The molecule has 6 nitrogen and oxygen atoms in total. The lowest BCUT2D eigenvalue weighted by Gasteiger charge is -2.34. The van der Waals surface area contributed by atoms with Crippen molar-refractivity contribution in [2.75, 3.05) is 18.4 Å². The number of piperidine rings is 1. The van der Waals surface area contributed by atoms with Gasteiger partial charge in [-0.15, -0.1) is 11.3 Å². The monoisotopic (exact) mass is 419 g/mol. The van der Waals surface area contributed by atoms with E-state index in [1.165, 1.54) is 22.3 Å². The molecular formula is C20H25N3O3S2. The van der Waals surface area contributed by atoms with Crippen LogP contribution in [0.15, 0.2) is 29.2 Å². The Morgan fingerprint density at radius 2 is 1.96 bits per heavy atom. The van der Waals surface area contributed by atoms with Gasteiger partial charge in [0.15, 0.2) is 5.13 Å². The Balaban J connectivity index is 1.54. The average molecular weight is 420 g/mol. The van der Waals surface area contributed by atoms with E-state index in [2.05, 4.69) is 24.1 Å². The number of hydrogen-bond donors (Lipinski definition) is 1. The summed E-state index contributed by atoms with van der Waals surface area (Å²) in [6.45, 7) is 5.20. The molecule has 2 aliphatic rings. The molecule has 0 bridgehead atoms. The van der Waals surface area contributed by atoms with Crippen molar-refractivity contribution < 1.29 is 13.2 Å². The highest BCUT2D eigenvalue weighted by atomic mass is 32.2. The molecule has 2 unspecified atom stereocenters. The largest absolute Gasteiger partial charge is 0.298 e. The summed E-state index contributed by atoms with van der Waals surface area (Å²) in [5.41, 5.74) is 1.40. The fourth-order valence-electron chi connectivity index (χ4n) is 4.16. The van der Waals surface area contributed by atoms with Gasteiger partial charge in [-0.3, -0.25) is 10.1 Å². The molecule has 1 aliphatic heterocycles. The van der Waals surface area contributed by atoms with Crippen LogP contribution in [0.25, 0.3) is 0 Å². The van der Waals surface area contributed by atoms with Crippen LogP contribution in [0.2, 0.25) is 0 Å². The van der Waals surface area contributed by atoms with Gasteiger partial charge < -0.3 is 0 Å². The Bertz CT molecular complexity index is 968. The summed E-state index contributed by atoms with van der Waals surface area (Å²) >= 11 is 1.51. The minimum Gasteiger partial charge on any atom is -0.298 e. The third kappa shape index (κ3) is 3.86. The molecule has 8 heteroatoms. The van der Waals surface area contributed by atoms with Gasteiger partial charge in [0.1, 0.15) is 0 Å².